The highest BCUT2D eigenvalue weighted by atomic mass is 16.5. The van der Waals surface area contributed by atoms with Gasteiger partial charge >= 0.3 is 0 Å². The molecule has 0 amide bonds. The summed E-state index contributed by atoms with van der Waals surface area (Å²) in [6.07, 6.45) is 8.75. The van der Waals surface area contributed by atoms with Crippen molar-refractivity contribution in [1.82, 2.24) is 9.97 Å². The van der Waals surface area contributed by atoms with Gasteiger partial charge in [-0.25, -0.2) is 4.98 Å². The summed E-state index contributed by atoms with van der Waals surface area (Å²) in [6.45, 7) is 2.83. The van der Waals surface area contributed by atoms with Gasteiger partial charge in [-0.2, -0.15) is 4.98 Å². The van der Waals surface area contributed by atoms with Gasteiger partial charge in [-0.3, -0.25) is 0 Å². The van der Waals surface area contributed by atoms with Gasteiger partial charge in [0.2, 0.25) is 5.95 Å². The minimum atomic E-state index is 0.541. The molecule has 0 bridgehead atoms. The number of methoxy groups -OCH3 is 1. The number of aromatic nitrogens is 2. The molecule has 0 radical (unpaired) electrons. The smallest absolute Gasteiger partial charge is 0.224 e. The second kappa shape index (κ2) is 9.41. The van der Waals surface area contributed by atoms with Crippen LogP contribution >= 0.6 is 0 Å². The van der Waals surface area contributed by atoms with Crippen LogP contribution in [0.1, 0.15) is 49.8 Å². The standard InChI is InChI=1S/C21H30N4O/c1-16-15-20(24-18-7-5-3-4-6-8-18)25-21(23-16)22-14-13-17-9-11-19(26-2)12-10-17/h9-12,15,18H,3-8,13-14H2,1-2H3,(H2,22,23,24,25). The number of anilines is 2. The van der Waals surface area contributed by atoms with Crippen LogP contribution in [0.25, 0.3) is 0 Å². The van der Waals surface area contributed by atoms with Crippen LogP contribution in [0.3, 0.4) is 0 Å². The van der Waals surface area contributed by atoms with Gasteiger partial charge in [-0.05, 0) is 43.9 Å². The van der Waals surface area contributed by atoms with Crippen molar-refractivity contribution >= 4 is 11.8 Å². The van der Waals surface area contributed by atoms with E-state index in [9.17, 15) is 0 Å². The fourth-order valence-corrected chi connectivity index (χ4v) is 3.47. The minimum Gasteiger partial charge on any atom is -0.497 e. The van der Waals surface area contributed by atoms with Gasteiger partial charge in [-0.15, -0.1) is 0 Å². The van der Waals surface area contributed by atoms with Gasteiger partial charge in [0.15, 0.2) is 0 Å². The van der Waals surface area contributed by atoms with Crippen molar-refractivity contribution in [2.45, 2.75) is 57.9 Å². The molecule has 0 unspecified atom stereocenters. The molecule has 0 spiro atoms. The average molecular weight is 354 g/mol. The molecule has 1 aromatic heterocycles. The summed E-state index contributed by atoms with van der Waals surface area (Å²) in [5.74, 6) is 2.53. The predicted octanol–water partition coefficient (Wildman–Crippen LogP) is 4.58. The molecular weight excluding hydrogens is 324 g/mol. The average Bonchev–Trinajstić information content (AvgIpc) is 2.90. The molecule has 0 aliphatic heterocycles. The summed E-state index contributed by atoms with van der Waals surface area (Å²) in [4.78, 5) is 9.19. The molecule has 5 nitrogen and oxygen atoms in total. The van der Waals surface area contributed by atoms with Gasteiger partial charge in [0.1, 0.15) is 11.6 Å². The fourth-order valence-electron chi connectivity index (χ4n) is 3.47. The topological polar surface area (TPSA) is 59.1 Å². The Morgan fingerprint density at radius 3 is 2.46 bits per heavy atom. The lowest BCUT2D eigenvalue weighted by Crippen LogP contribution is -2.20. The number of ether oxygens (including phenoxy) is 1. The number of nitrogens with zero attached hydrogens (tertiary/aromatic N) is 2. The van der Waals surface area contributed by atoms with E-state index in [1.807, 2.05) is 25.1 Å². The van der Waals surface area contributed by atoms with Crippen molar-refractivity contribution in [2.24, 2.45) is 0 Å². The highest BCUT2D eigenvalue weighted by Gasteiger charge is 2.13. The highest BCUT2D eigenvalue weighted by molar-refractivity contribution is 5.43. The van der Waals surface area contributed by atoms with E-state index in [0.717, 1.165) is 30.2 Å². The number of hydrogen-bond acceptors (Lipinski definition) is 5. The molecule has 0 atom stereocenters. The first-order valence-electron chi connectivity index (χ1n) is 9.72. The molecule has 3 rings (SSSR count). The maximum absolute atomic E-state index is 5.20. The summed E-state index contributed by atoms with van der Waals surface area (Å²) in [5.41, 5.74) is 2.26. The SMILES string of the molecule is COc1ccc(CCNc2nc(C)cc(NC3CCCCCC3)n2)cc1. The van der Waals surface area contributed by atoms with Crippen molar-refractivity contribution < 1.29 is 4.74 Å². The van der Waals surface area contributed by atoms with E-state index < -0.39 is 0 Å². The lowest BCUT2D eigenvalue weighted by atomic mass is 10.1. The second-order valence-electron chi connectivity index (χ2n) is 7.08. The Hall–Kier alpha value is -2.30. The van der Waals surface area contributed by atoms with Crippen molar-refractivity contribution in [3.05, 3.63) is 41.6 Å². The zero-order valence-electron chi connectivity index (χ0n) is 15.9. The largest absolute Gasteiger partial charge is 0.497 e. The molecule has 1 aromatic carbocycles. The van der Waals surface area contributed by atoms with Gasteiger partial charge in [-0.1, -0.05) is 37.8 Å². The van der Waals surface area contributed by atoms with Gasteiger partial charge in [0.25, 0.3) is 0 Å². The molecule has 1 aliphatic carbocycles. The second-order valence-corrected chi connectivity index (χ2v) is 7.08. The third-order valence-electron chi connectivity index (χ3n) is 4.92. The third-order valence-corrected chi connectivity index (χ3v) is 4.92. The van der Waals surface area contributed by atoms with Gasteiger partial charge in [0, 0.05) is 24.3 Å². The lowest BCUT2D eigenvalue weighted by molar-refractivity contribution is 0.414. The molecule has 0 saturated heterocycles. The van der Waals surface area contributed by atoms with E-state index in [4.69, 9.17) is 4.74 Å². The summed E-state index contributed by atoms with van der Waals surface area (Å²) >= 11 is 0. The van der Waals surface area contributed by atoms with E-state index in [2.05, 4.69) is 32.7 Å². The van der Waals surface area contributed by atoms with Crippen LogP contribution in [0.15, 0.2) is 30.3 Å². The number of hydrogen-bond donors (Lipinski definition) is 2. The summed E-state index contributed by atoms with van der Waals surface area (Å²) < 4.78 is 5.20. The van der Waals surface area contributed by atoms with Crippen LogP contribution < -0.4 is 15.4 Å². The van der Waals surface area contributed by atoms with E-state index >= 15 is 0 Å². The highest BCUT2D eigenvalue weighted by Crippen LogP contribution is 2.21. The first-order valence-corrected chi connectivity index (χ1v) is 9.72. The van der Waals surface area contributed by atoms with Crippen molar-refractivity contribution in [3.63, 3.8) is 0 Å². The van der Waals surface area contributed by atoms with E-state index in [0.29, 0.717) is 12.0 Å². The Balaban J connectivity index is 1.54. The van der Waals surface area contributed by atoms with Crippen LogP contribution in [-0.2, 0) is 6.42 Å². The quantitative estimate of drug-likeness (QED) is 0.713. The number of rotatable bonds is 7. The first-order chi connectivity index (χ1) is 12.7. The third kappa shape index (κ3) is 5.61. The predicted molar refractivity (Wildman–Crippen MR) is 107 cm³/mol. The fraction of sp³-hybridized carbons (Fsp3) is 0.524. The Kier molecular flexibility index (Phi) is 6.69. The van der Waals surface area contributed by atoms with E-state index in [1.165, 1.54) is 44.1 Å². The van der Waals surface area contributed by atoms with E-state index in [1.54, 1.807) is 7.11 Å². The zero-order chi connectivity index (χ0) is 18.2. The summed E-state index contributed by atoms with van der Waals surface area (Å²) in [7, 11) is 1.69. The Labute approximate surface area is 156 Å². The van der Waals surface area contributed by atoms with Crippen LogP contribution in [0, 0.1) is 6.92 Å². The molecule has 2 N–H and O–H groups in total. The number of aryl methyl sites for hydroxylation is 1. The maximum atomic E-state index is 5.20. The summed E-state index contributed by atoms with van der Waals surface area (Å²) in [5, 5.41) is 6.98. The summed E-state index contributed by atoms with van der Waals surface area (Å²) in [6, 6.07) is 10.8. The molecule has 5 heteroatoms. The van der Waals surface area contributed by atoms with Crippen LogP contribution in [0.4, 0.5) is 11.8 Å². The lowest BCUT2D eigenvalue weighted by Gasteiger charge is -2.17. The zero-order valence-corrected chi connectivity index (χ0v) is 15.9. The number of benzene rings is 1. The van der Waals surface area contributed by atoms with Crippen LogP contribution in [0.2, 0.25) is 0 Å². The van der Waals surface area contributed by atoms with E-state index in [-0.39, 0.29) is 0 Å². The minimum absolute atomic E-state index is 0.541. The molecule has 2 aromatic rings. The number of nitrogens with one attached hydrogen (secondary N) is 2. The Bertz CT molecular complexity index is 679. The molecule has 140 valence electrons. The molecule has 1 fully saturated rings. The van der Waals surface area contributed by atoms with Crippen molar-refractivity contribution in [1.29, 1.82) is 0 Å². The molecule has 1 heterocycles. The van der Waals surface area contributed by atoms with Crippen molar-refractivity contribution in [3.8, 4) is 5.75 Å². The van der Waals surface area contributed by atoms with Gasteiger partial charge in [0.05, 0.1) is 7.11 Å². The normalized spacial score (nSPS) is 15.3. The van der Waals surface area contributed by atoms with Crippen LogP contribution in [0.5, 0.6) is 5.75 Å². The Morgan fingerprint density at radius 2 is 1.77 bits per heavy atom. The Morgan fingerprint density at radius 1 is 1.04 bits per heavy atom. The molecular formula is C21H30N4O. The first kappa shape index (κ1) is 18.5. The van der Waals surface area contributed by atoms with Crippen LogP contribution in [-0.4, -0.2) is 29.7 Å². The monoisotopic (exact) mass is 354 g/mol. The van der Waals surface area contributed by atoms with Crippen molar-refractivity contribution in [2.75, 3.05) is 24.3 Å². The maximum Gasteiger partial charge on any atom is 0.224 e. The van der Waals surface area contributed by atoms with Gasteiger partial charge < -0.3 is 15.4 Å². The molecule has 1 saturated carbocycles. The molecule has 1 aliphatic rings. The molecule has 26 heavy (non-hydrogen) atoms.